The Hall–Kier alpha value is -1.69. The molecule has 1 aliphatic rings. The molecule has 2 aromatic heterocycles. The molecule has 0 radical (unpaired) electrons. The molecule has 2 aromatic rings. The Morgan fingerprint density at radius 2 is 1.68 bits per heavy atom. The van der Waals surface area contributed by atoms with E-state index in [0.29, 0.717) is 11.2 Å². The maximum absolute atomic E-state index is 11.6. The Bertz CT molecular complexity index is 800. The van der Waals surface area contributed by atoms with E-state index in [1.165, 1.54) is 6.20 Å². The second-order valence-corrected chi connectivity index (χ2v) is 7.88. The van der Waals surface area contributed by atoms with Crippen molar-refractivity contribution in [1.29, 1.82) is 0 Å². The van der Waals surface area contributed by atoms with E-state index in [9.17, 15) is 4.79 Å². The molecule has 1 unspecified atom stereocenters. The Morgan fingerprint density at radius 1 is 1.05 bits per heavy atom. The Balaban J connectivity index is 2.30. The molecule has 22 heavy (non-hydrogen) atoms. The van der Waals surface area contributed by atoms with Crippen LogP contribution in [0, 0.1) is 10.8 Å². The first-order valence-corrected chi connectivity index (χ1v) is 7.57. The predicted molar refractivity (Wildman–Crippen MR) is 84.5 cm³/mol. The van der Waals surface area contributed by atoms with Gasteiger partial charge in [-0.1, -0.05) is 27.7 Å². The molecular weight excluding hydrogens is 280 g/mol. The van der Waals surface area contributed by atoms with Gasteiger partial charge in [0.25, 0.3) is 0 Å². The molecule has 0 bridgehead atoms. The van der Waals surface area contributed by atoms with Crippen molar-refractivity contribution >= 4 is 11.2 Å². The monoisotopic (exact) mass is 304 g/mol. The highest BCUT2D eigenvalue weighted by atomic mass is 16.5. The summed E-state index contributed by atoms with van der Waals surface area (Å²) in [5.74, 6) is 0. The highest BCUT2D eigenvalue weighted by Crippen LogP contribution is 2.64. The lowest BCUT2D eigenvalue weighted by molar-refractivity contribution is -0.153. The van der Waals surface area contributed by atoms with Crippen molar-refractivity contribution in [1.82, 2.24) is 19.5 Å². The normalized spacial score (nSPS) is 29.0. The van der Waals surface area contributed by atoms with Gasteiger partial charge in [0.15, 0.2) is 5.72 Å². The van der Waals surface area contributed by atoms with E-state index in [0.717, 1.165) is 0 Å². The van der Waals surface area contributed by atoms with Gasteiger partial charge in [-0.15, -0.1) is 0 Å². The fourth-order valence-corrected chi connectivity index (χ4v) is 3.59. The Labute approximate surface area is 129 Å². The van der Waals surface area contributed by atoms with Crippen LogP contribution in [0.3, 0.4) is 0 Å². The number of nitrogens with zero attached hydrogens (tertiary/aromatic N) is 3. The molecule has 6 heteroatoms. The summed E-state index contributed by atoms with van der Waals surface area (Å²) in [5.41, 5.74) is -0.330. The zero-order valence-corrected chi connectivity index (χ0v) is 14.3. The second kappa shape index (κ2) is 3.98. The van der Waals surface area contributed by atoms with Gasteiger partial charge >= 0.3 is 5.69 Å². The molecule has 1 saturated heterocycles. The van der Waals surface area contributed by atoms with Gasteiger partial charge in [0.2, 0.25) is 0 Å². The lowest BCUT2D eigenvalue weighted by Gasteiger charge is -2.45. The smallest absolute Gasteiger partial charge is 0.346 e. The number of nitrogens with one attached hydrogen (secondary N) is 1. The fourth-order valence-electron chi connectivity index (χ4n) is 3.59. The summed E-state index contributed by atoms with van der Waals surface area (Å²) in [7, 11) is 0. The van der Waals surface area contributed by atoms with Crippen LogP contribution in [-0.4, -0.2) is 25.1 Å². The van der Waals surface area contributed by atoms with Gasteiger partial charge in [0.1, 0.15) is 11.2 Å². The van der Waals surface area contributed by atoms with E-state index in [4.69, 9.17) is 4.74 Å². The zero-order chi connectivity index (χ0) is 16.6. The molecule has 1 aliphatic heterocycles. The number of aromatic amines is 1. The number of aromatic nitrogens is 4. The first-order chi connectivity index (χ1) is 9.94. The highest BCUT2D eigenvalue weighted by Gasteiger charge is 2.67. The number of rotatable bonds is 1. The number of H-pyrrole nitrogens is 1. The van der Waals surface area contributed by atoms with Gasteiger partial charge in [-0.2, -0.15) is 4.98 Å². The highest BCUT2D eigenvalue weighted by molar-refractivity contribution is 5.69. The van der Waals surface area contributed by atoms with E-state index in [1.54, 1.807) is 6.33 Å². The molecule has 1 atom stereocenters. The van der Waals surface area contributed by atoms with Crippen LogP contribution < -0.4 is 5.69 Å². The first kappa shape index (κ1) is 15.2. The molecule has 3 heterocycles. The van der Waals surface area contributed by atoms with Crippen LogP contribution in [0.25, 0.3) is 11.2 Å². The summed E-state index contributed by atoms with van der Waals surface area (Å²) in [6, 6.07) is 0. The van der Waals surface area contributed by atoms with Crippen molar-refractivity contribution in [3.05, 3.63) is 23.0 Å². The van der Waals surface area contributed by atoms with Crippen LogP contribution in [0.4, 0.5) is 0 Å². The summed E-state index contributed by atoms with van der Waals surface area (Å²) >= 11 is 0. The van der Waals surface area contributed by atoms with E-state index < -0.39 is 5.72 Å². The van der Waals surface area contributed by atoms with Crippen LogP contribution in [0.1, 0.15) is 48.5 Å². The molecule has 120 valence electrons. The number of hydrogen-bond acceptors (Lipinski definition) is 4. The summed E-state index contributed by atoms with van der Waals surface area (Å²) < 4.78 is 8.47. The van der Waals surface area contributed by atoms with E-state index in [2.05, 4.69) is 63.4 Å². The molecular formula is C16H24N4O2. The third kappa shape index (κ3) is 1.56. The SMILES string of the molecule is CC1(C)OC(C)(n2cnc3cnc(=O)[nH]c32)C(C)(C)C1(C)C. The van der Waals surface area contributed by atoms with Gasteiger partial charge in [-0.05, 0) is 20.8 Å². The van der Waals surface area contributed by atoms with Crippen molar-refractivity contribution in [2.24, 2.45) is 10.8 Å². The van der Waals surface area contributed by atoms with Gasteiger partial charge in [-0.3, -0.25) is 9.55 Å². The molecule has 0 spiro atoms. The van der Waals surface area contributed by atoms with E-state index in [-0.39, 0.29) is 22.1 Å². The number of ether oxygens (including phenoxy) is 1. The molecule has 0 amide bonds. The zero-order valence-electron chi connectivity index (χ0n) is 14.3. The van der Waals surface area contributed by atoms with Crippen molar-refractivity contribution < 1.29 is 4.74 Å². The minimum atomic E-state index is -0.640. The third-order valence-corrected chi connectivity index (χ3v) is 6.47. The Morgan fingerprint density at radius 3 is 2.23 bits per heavy atom. The quantitative estimate of drug-likeness (QED) is 0.879. The van der Waals surface area contributed by atoms with Crippen molar-refractivity contribution in [2.75, 3.05) is 0 Å². The van der Waals surface area contributed by atoms with Gasteiger partial charge in [0.05, 0.1) is 18.1 Å². The van der Waals surface area contributed by atoms with Crippen molar-refractivity contribution in [3.63, 3.8) is 0 Å². The van der Waals surface area contributed by atoms with Gasteiger partial charge in [0, 0.05) is 10.8 Å². The number of imidazole rings is 1. The lowest BCUT2D eigenvalue weighted by Crippen LogP contribution is -2.47. The lowest BCUT2D eigenvalue weighted by atomic mass is 9.59. The second-order valence-electron chi connectivity index (χ2n) is 7.88. The Kier molecular flexibility index (Phi) is 2.76. The minimum absolute atomic E-state index is 0.0847. The van der Waals surface area contributed by atoms with Crippen LogP contribution in [0.15, 0.2) is 17.3 Å². The summed E-state index contributed by atoms with van der Waals surface area (Å²) in [5, 5.41) is 0. The molecule has 3 rings (SSSR count). The van der Waals surface area contributed by atoms with Crippen LogP contribution in [0.5, 0.6) is 0 Å². The van der Waals surface area contributed by atoms with Gasteiger partial charge < -0.3 is 4.74 Å². The van der Waals surface area contributed by atoms with Gasteiger partial charge in [-0.25, -0.2) is 9.78 Å². The molecule has 6 nitrogen and oxygen atoms in total. The summed E-state index contributed by atoms with van der Waals surface area (Å²) in [6.45, 7) is 15.1. The maximum Gasteiger partial charge on any atom is 0.346 e. The van der Waals surface area contributed by atoms with Crippen molar-refractivity contribution in [3.8, 4) is 0 Å². The predicted octanol–water partition coefficient (Wildman–Crippen LogP) is 2.65. The van der Waals surface area contributed by atoms with Crippen LogP contribution >= 0.6 is 0 Å². The number of hydrogen-bond donors (Lipinski definition) is 1. The average Bonchev–Trinajstić information content (AvgIpc) is 2.83. The van der Waals surface area contributed by atoms with E-state index >= 15 is 0 Å². The molecule has 1 N–H and O–H groups in total. The molecule has 0 aromatic carbocycles. The topological polar surface area (TPSA) is 72.8 Å². The van der Waals surface area contributed by atoms with Crippen molar-refractivity contribution in [2.45, 2.75) is 59.8 Å². The maximum atomic E-state index is 11.6. The number of fused-ring (bicyclic) bond motifs is 1. The largest absolute Gasteiger partial charge is 0.348 e. The molecule has 0 saturated carbocycles. The standard InChI is InChI=1S/C16H24N4O2/c1-13(2)14(3,4)16(7,22-15(13,5)6)20-9-18-10-8-17-12(21)19-11(10)20/h8-9H,1-7H3,(H,17,19,21). The molecule has 0 aliphatic carbocycles. The summed E-state index contributed by atoms with van der Waals surface area (Å²) in [4.78, 5) is 22.5. The van der Waals surface area contributed by atoms with Crippen LogP contribution in [-0.2, 0) is 10.5 Å². The third-order valence-electron chi connectivity index (χ3n) is 6.47. The summed E-state index contributed by atoms with van der Waals surface area (Å²) in [6.07, 6.45) is 3.22. The molecule has 1 fully saturated rings. The van der Waals surface area contributed by atoms with Crippen LogP contribution in [0.2, 0.25) is 0 Å². The minimum Gasteiger partial charge on any atom is -0.348 e. The average molecular weight is 304 g/mol. The fraction of sp³-hybridized carbons (Fsp3) is 0.688. The van der Waals surface area contributed by atoms with E-state index in [1.807, 2.05) is 4.57 Å². The first-order valence-electron chi connectivity index (χ1n) is 7.57.